The van der Waals surface area contributed by atoms with E-state index in [4.69, 9.17) is 15.6 Å². The molecule has 0 bridgehead atoms. The first-order valence-electron chi connectivity index (χ1n) is 4.52. The summed E-state index contributed by atoms with van der Waals surface area (Å²) < 4.78 is 4.86. The molecule has 5 nitrogen and oxygen atoms in total. The largest absolute Gasteiger partial charge is 0.480 e. The van der Waals surface area contributed by atoms with Crippen molar-refractivity contribution in [2.75, 3.05) is 0 Å². The Hall–Kier alpha value is -1.10. The standard InChI is InChI=1S/C9H17NO4/c1-5(2)14-7(11)4-6(3)8(10)9(12)13/h5-6,8H,4,10H2,1-3H3,(H,12,13)/t6?,8-/m0/s1. The molecule has 0 aromatic heterocycles. The Morgan fingerprint density at radius 1 is 1.36 bits per heavy atom. The number of aliphatic carboxylic acids is 1. The molecule has 5 heteroatoms. The summed E-state index contributed by atoms with van der Waals surface area (Å²) in [4.78, 5) is 21.6. The molecule has 2 atom stereocenters. The third-order valence-electron chi connectivity index (χ3n) is 1.75. The van der Waals surface area contributed by atoms with E-state index >= 15 is 0 Å². The topological polar surface area (TPSA) is 89.6 Å². The molecular formula is C9H17NO4. The summed E-state index contributed by atoms with van der Waals surface area (Å²) >= 11 is 0. The highest BCUT2D eigenvalue weighted by Gasteiger charge is 2.23. The van der Waals surface area contributed by atoms with Crippen molar-refractivity contribution in [1.82, 2.24) is 0 Å². The van der Waals surface area contributed by atoms with Gasteiger partial charge in [0.1, 0.15) is 6.04 Å². The van der Waals surface area contributed by atoms with Gasteiger partial charge in [0, 0.05) is 0 Å². The van der Waals surface area contributed by atoms with Crippen molar-refractivity contribution in [2.24, 2.45) is 11.7 Å². The number of hydrogen-bond donors (Lipinski definition) is 2. The van der Waals surface area contributed by atoms with Gasteiger partial charge in [-0.05, 0) is 19.8 Å². The summed E-state index contributed by atoms with van der Waals surface area (Å²) in [5, 5.41) is 8.57. The van der Waals surface area contributed by atoms with Gasteiger partial charge in [0.2, 0.25) is 0 Å². The van der Waals surface area contributed by atoms with Crippen LogP contribution >= 0.6 is 0 Å². The number of ether oxygens (including phenoxy) is 1. The first kappa shape index (κ1) is 12.9. The third kappa shape index (κ3) is 4.81. The lowest BCUT2D eigenvalue weighted by Gasteiger charge is -2.15. The Morgan fingerprint density at radius 3 is 2.21 bits per heavy atom. The molecular weight excluding hydrogens is 186 g/mol. The first-order chi connectivity index (χ1) is 6.34. The molecule has 0 saturated carbocycles. The highest BCUT2D eigenvalue weighted by Crippen LogP contribution is 2.08. The normalized spacial score (nSPS) is 14.9. The molecule has 0 heterocycles. The molecule has 14 heavy (non-hydrogen) atoms. The number of carbonyl (C=O) groups excluding carboxylic acids is 1. The third-order valence-corrected chi connectivity index (χ3v) is 1.75. The second-order valence-electron chi connectivity index (χ2n) is 3.58. The minimum Gasteiger partial charge on any atom is -0.480 e. The zero-order valence-electron chi connectivity index (χ0n) is 8.69. The molecule has 0 saturated heterocycles. The molecule has 0 aliphatic carbocycles. The molecule has 0 spiro atoms. The predicted octanol–water partition coefficient (Wildman–Crippen LogP) is 0.376. The summed E-state index contributed by atoms with van der Waals surface area (Å²) in [6.45, 7) is 5.08. The second-order valence-corrected chi connectivity index (χ2v) is 3.58. The van der Waals surface area contributed by atoms with Gasteiger partial charge >= 0.3 is 11.9 Å². The Bertz CT molecular complexity index is 215. The van der Waals surface area contributed by atoms with E-state index in [9.17, 15) is 9.59 Å². The lowest BCUT2D eigenvalue weighted by molar-refractivity contribution is -0.149. The molecule has 0 fully saturated rings. The maximum absolute atomic E-state index is 11.1. The average molecular weight is 203 g/mol. The van der Waals surface area contributed by atoms with Crippen LogP contribution < -0.4 is 5.73 Å². The smallest absolute Gasteiger partial charge is 0.320 e. The number of carboxylic acid groups (broad SMARTS) is 1. The van der Waals surface area contributed by atoms with Gasteiger partial charge in [-0.25, -0.2) is 0 Å². The van der Waals surface area contributed by atoms with Gasteiger partial charge in [0.15, 0.2) is 0 Å². The van der Waals surface area contributed by atoms with Crippen LogP contribution in [0.15, 0.2) is 0 Å². The zero-order valence-corrected chi connectivity index (χ0v) is 8.69. The maximum Gasteiger partial charge on any atom is 0.320 e. The minimum absolute atomic E-state index is 0.0334. The summed E-state index contributed by atoms with van der Waals surface area (Å²) in [6.07, 6.45) is -0.151. The summed E-state index contributed by atoms with van der Waals surface area (Å²) in [7, 11) is 0. The van der Waals surface area contributed by atoms with Crippen molar-refractivity contribution in [3.63, 3.8) is 0 Å². The number of carbonyl (C=O) groups is 2. The minimum atomic E-state index is -1.10. The van der Waals surface area contributed by atoms with E-state index in [1.54, 1.807) is 20.8 Å². The van der Waals surface area contributed by atoms with Crippen molar-refractivity contribution >= 4 is 11.9 Å². The Morgan fingerprint density at radius 2 is 1.86 bits per heavy atom. The Kier molecular flexibility index (Phi) is 5.15. The van der Waals surface area contributed by atoms with Gasteiger partial charge in [-0.1, -0.05) is 6.92 Å². The molecule has 1 unspecified atom stereocenters. The summed E-state index contributed by atoms with van der Waals surface area (Å²) in [5.74, 6) is -1.93. The fraction of sp³-hybridized carbons (Fsp3) is 0.778. The van der Waals surface area contributed by atoms with Crippen LogP contribution in [0.1, 0.15) is 27.2 Å². The van der Waals surface area contributed by atoms with Crippen LogP contribution in [0.25, 0.3) is 0 Å². The maximum atomic E-state index is 11.1. The van der Waals surface area contributed by atoms with Crippen molar-refractivity contribution in [3.8, 4) is 0 Å². The van der Waals surface area contributed by atoms with E-state index in [1.807, 2.05) is 0 Å². The first-order valence-corrected chi connectivity index (χ1v) is 4.52. The van der Waals surface area contributed by atoms with E-state index < -0.39 is 23.9 Å². The Balaban J connectivity index is 3.99. The number of nitrogens with two attached hydrogens (primary N) is 1. The molecule has 0 aliphatic heterocycles. The van der Waals surface area contributed by atoms with Crippen molar-refractivity contribution in [1.29, 1.82) is 0 Å². The van der Waals surface area contributed by atoms with Gasteiger partial charge in [0.05, 0.1) is 12.5 Å². The van der Waals surface area contributed by atoms with Crippen LogP contribution in [0.3, 0.4) is 0 Å². The molecule has 0 radical (unpaired) electrons. The molecule has 82 valence electrons. The number of esters is 1. The molecule has 3 N–H and O–H groups in total. The molecule has 0 rings (SSSR count). The van der Waals surface area contributed by atoms with Crippen molar-refractivity contribution in [3.05, 3.63) is 0 Å². The van der Waals surface area contributed by atoms with Gasteiger partial charge < -0.3 is 15.6 Å². The van der Waals surface area contributed by atoms with E-state index in [2.05, 4.69) is 0 Å². The summed E-state index contributed by atoms with van der Waals surface area (Å²) in [5.41, 5.74) is 5.33. The monoisotopic (exact) mass is 203 g/mol. The second kappa shape index (κ2) is 5.59. The van der Waals surface area contributed by atoms with Gasteiger partial charge in [-0.2, -0.15) is 0 Å². The van der Waals surface area contributed by atoms with E-state index in [0.717, 1.165) is 0 Å². The quantitative estimate of drug-likeness (QED) is 0.630. The van der Waals surface area contributed by atoms with Gasteiger partial charge in [0.25, 0.3) is 0 Å². The fourth-order valence-electron chi connectivity index (χ4n) is 0.944. The average Bonchev–Trinajstić information content (AvgIpc) is 2.00. The molecule has 0 aromatic carbocycles. The number of hydrogen-bond acceptors (Lipinski definition) is 4. The fourth-order valence-corrected chi connectivity index (χ4v) is 0.944. The van der Waals surface area contributed by atoms with Gasteiger partial charge in [-0.3, -0.25) is 9.59 Å². The lowest BCUT2D eigenvalue weighted by Crippen LogP contribution is -2.37. The highest BCUT2D eigenvalue weighted by atomic mass is 16.5. The number of carboxylic acids is 1. The lowest BCUT2D eigenvalue weighted by atomic mass is 9.99. The molecule has 0 aliphatic rings. The van der Waals surface area contributed by atoms with E-state index in [1.165, 1.54) is 0 Å². The van der Waals surface area contributed by atoms with E-state index in [-0.39, 0.29) is 12.5 Å². The van der Waals surface area contributed by atoms with Crippen LogP contribution in [-0.2, 0) is 14.3 Å². The van der Waals surface area contributed by atoms with Gasteiger partial charge in [-0.15, -0.1) is 0 Å². The van der Waals surface area contributed by atoms with Crippen LogP contribution in [0.2, 0.25) is 0 Å². The van der Waals surface area contributed by atoms with Crippen LogP contribution in [-0.4, -0.2) is 29.2 Å². The molecule has 0 aromatic rings. The Labute approximate surface area is 83.2 Å². The summed E-state index contributed by atoms with van der Waals surface area (Å²) in [6, 6.07) is -1.02. The zero-order chi connectivity index (χ0) is 11.3. The molecule has 0 amide bonds. The predicted molar refractivity (Wildman–Crippen MR) is 50.6 cm³/mol. The van der Waals surface area contributed by atoms with E-state index in [0.29, 0.717) is 0 Å². The number of rotatable bonds is 5. The van der Waals surface area contributed by atoms with Crippen molar-refractivity contribution < 1.29 is 19.4 Å². The van der Waals surface area contributed by atoms with Crippen LogP contribution in [0, 0.1) is 5.92 Å². The van der Waals surface area contributed by atoms with Crippen LogP contribution in [0.5, 0.6) is 0 Å². The SMILES string of the molecule is CC(C)OC(=O)CC(C)[C@H](N)C(=O)O. The van der Waals surface area contributed by atoms with Crippen LogP contribution in [0.4, 0.5) is 0 Å². The highest BCUT2D eigenvalue weighted by molar-refractivity contribution is 5.76. The van der Waals surface area contributed by atoms with Crippen molar-refractivity contribution in [2.45, 2.75) is 39.3 Å².